The Balaban J connectivity index is 2.26. The molecule has 0 bridgehead atoms. The highest BCUT2D eigenvalue weighted by Gasteiger charge is 2.34. The van der Waals surface area contributed by atoms with Gasteiger partial charge in [0.25, 0.3) is 0 Å². The maximum absolute atomic E-state index is 11.5. The van der Waals surface area contributed by atoms with Gasteiger partial charge in [0.1, 0.15) is 0 Å². The van der Waals surface area contributed by atoms with Crippen LogP contribution in [-0.4, -0.2) is 25.8 Å². The molecule has 0 saturated carbocycles. The second-order valence-corrected chi connectivity index (χ2v) is 7.84. The summed E-state index contributed by atoms with van der Waals surface area (Å²) in [6.07, 6.45) is 0.723. The first-order valence-corrected chi connectivity index (χ1v) is 8.69. The van der Waals surface area contributed by atoms with Gasteiger partial charge in [-0.2, -0.15) is 0 Å². The molecule has 2 nitrogen and oxygen atoms in total. The topological polar surface area (TPSA) is 34.1 Å². The molecule has 0 aliphatic carbocycles. The van der Waals surface area contributed by atoms with Crippen LogP contribution < -0.4 is 0 Å². The van der Waals surface area contributed by atoms with Crippen LogP contribution in [0, 0.1) is 5.92 Å². The smallest absolute Gasteiger partial charge is 0.150 e. The summed E-state index contributed by atoms with van der Waals surface area (Å²) in [7, 11) is -2.85. The van der Waals surface area contributed by atoms with E-state index in [-0.39, 0.29) is 17.6 Å². The molecule has 94 valence electrons. The summed E-state index contributed by atoms with van der Waals surface area (Å²) in [5, 5.41) is 0. The Morgan fingerprint density at radius 2 is 2.12 bits per heavy atom. The first-order valence-electron chi connectivity index (χ1n) is 5.54. The molecule has 5 heteroatoms. The van der Waals surface area contributed by atoms with Crippen molar-refractivity contribution in [2.24, 2.45) is 5.92 Å². The molecule has 1 fully saturated rings. The van der Waals surface area contributed by atoms with E-state index < -0.39 is 9.84 Å². The Morgan fingerprint density at radius 3 is 2.65 bits per heavy atom. The highest BCUT2D eigenvalue weighted by molar-refractivity contribution is 9.10. The van der Waals surface area contributed by atoms with Gasteiger partial charge in [-0.3, -0.25) is 0 Å². The first kappa shape index (κ1) is 13.4. The third-order valence-electron chi connectivity index (χ3n) is 3.31. The van der Waals surface area contributed by atoms with Gasteiger partial charge in [0, 0.05) is 16.3 Å². The van der Waals surface area contributed by atoms with Crippen molar-refractivity contribution in [1.29, 1.82) is 0 Å². The summed E-state index contributed by atoms with van der Waals surface area (Å²) in [5.74, 6) is 1.30. The maximum atomic E-state index is 11.5. The van der Waals surface area contributed by atoms with Gasteiger partial charge in [0.2, 0.25) is 0 Å². The van der Waals surface area contributed by atoms with E-state index in [2.05, 4.69) is 15.9 Å². The average Bonchev–Trinajstić information content (AvgIpc) is 2.63. The van der Waals surface area contributed by atoms with Gasteiger partial charge in [-0.1, -0.05) is 34.1 Å². The van der Waals surface area contributed by atoms with Crippen molar-refractivity contribution in [3.05, 3.63) is 34.3 Å². The molecule has 0 radical (unpaired) electrons. The lowest BCUT2D eigenvalue weighted by Gasteiger charge is -2.21. The molecule has 0 spiro atoms. The average molecular weight is 338 g/mol. The lowest BCUT2D eigenvalue weighted by Crippen LogP contribution is -2.16. The van der Waals surface area contributed by atoms with Gasteiger partial charge in [0.15, 0.2) is 9.84 Å². The molecule has 17 heavy (non-hydrogen) atoms. The molecule has 1 heterocycles. The zero-order chi connectivity index (χ0) is 12.5. The van der Waals surface area contributed by atoms with Crippen LogP contribution in [0.4, 0.5) is 0 Å². The molecule has 0 aromatic heterocycles. The van der Waals surface area contributed by atoms with Crippen LogP contribution in [0.3, 0.4) is 0 Å². The van der Waals surface area contributed by atoms with Crippen molar-refractivity contribution in [3.63, 3.8) is 0 Å². The van der Waals surface area contributed by atoms with Gasteiger partial charge in [-0.15, -0.1) is 11.6 Å². The summed E-state index contributed by atoms with van der Waals surface area (Å²) in [6.45, 7) is 0. The fraction of sp³-hybridized carbons (Fsp3) is 0.500. The van der Waals surface area contributed by atoms with Crippen molar-refractivity contribution in [2.75, 3.05) is 17.4 Å². The van der Waals surface area contributed by atoms with E-state index in [4.69, 9.17) is 11.6 Å². The Morgan fingerprint density at radius 1 is 1.41 bits per heavy atom. The Kier molecular flexibility index (Phi) is 4.16. The second-order valence-electron chi connectivity index (χ2n) is 4.45. The summed E-state index contributed by atoms with van der Waals surface area (Å²) in [5.41, 5.74) is 1.12. The van der Waals surface area contributed by atoms with E-state index in [0.29, 0.717) is 11.6 Å². The van der Waals surface area contributed by atoms with E-state index in [0.717, 1.165) is 16.5 Å². The molecule has 1 aliphatic heterocycles. The minimum atomic E-state index is -2.85. The predicted molar refractivity (Wildman–Crippen MR) is 74.4 cm³/mol. The van der Waals surface area contributed by atoms with E-state index in [9.17, 15) is 8.42 Å². The maximum Gasteiger partial charge on any atom is 0.150 e. The SMILES string of the molecule is O=S1(=O)CCC(C(CCl)c2ccccc2Br)C1. The quantitative estimate of drug-likeness (QED) is 0.794. The molecule has 1 saturated heterocycles. The van der Waals surface area contributed by atoms with E-state index in [1.54, 1.807) is 0 Å². The van der Waals surface area contributed by atoms with Crippen LogP contribution in [0.5, 0.6) is 0 Å². The van der Waals surface area contributed by atoms with Crippen molar-refractivity contribution in [1.82, 2.24) is 0 Å². The molecule has 1 aliphatic rings. The number of hydrogen-bond donors (Lipinski definition) is 0. The zero-order valence-electron chi connectivity index (χ0n) is 9.27. The highest BCUT2D eigenvalue weighted by atomic mass is 79.9. The number of alkyl halides is 1. The lowest BCUT2D eigenvalue weighted by molar-refractivity contribution is 0.500. The Bertz CT molecular complexity index is 501. The molecular formula is C12H14BrClO2S. The van der Waals surface area contributed by atoms with Gasteiger partial charge < -0.3 is 0 Å². The molecule has 0 N–H and O–H groups in total. The van der Waals surface area contributed by atoms with Crippen molar-refractivity contribution >= 4 is 37.4 Å². The summed E-state index contributed by atoms with van der Waals surface area (Å²) >= 11 is 9.54. The van der Waals surface area contributed by atoms with Crippen LogP contribution in [0.25, 0.3) is 0 Å². The van der Waals surface area contributed by atoms with Crippen molar-refractivity contribution < 1.29 is 8.42 Å². The molecular weight excluding hydrogens is 324 g/mol. The summed E-state index contributed by atoms with van der Waals surface area (Å²) < 4.78 is 24.1. The number of rotatable bonds is 3. The standard InChI is InChI=1S/C12H14BrClO2S/c13-12-4-2-1-3-10(12)11(7-14)9-5-6-17(15,16)8-9/h1-4,9,11H,5-8H2. The summed E-state index contributed by atoms with van der Waals surface area (Å²) in [4.78, 5) is 0. The zero-order valence-corrected chi connectivity index (χ0v) is 12.4. The minimum absolute atomic E-state index is 0.115. The fourth-order valence-corrected chi connectivity index (χ4v) is 5.26. The lowest BCUT2D eigenvalue weighted by atomic mass is 9.87. The first-order chi connectivity index (χ1) is 8.03. The Labute approximate surface area is 115 Å². The number of hydrogen-bond acceptors (Lipinski definition) is 2. The van der Waals surface area contributed by atoms with Crippen molar-refractivity contribution in [2.45, 2.75) is 12.3 Å². The van der Waals surface area contributed by atoms with Gasteiger partial charge in [-0.05, 0) is 24.0 Å². The van der Waals surface area contributed by atoms with E-state index in [1.807, 2.05) is 24.3 Å². The van der Waals surface area contributed by atoms with Gasteiger partial charge >= 0.3 is 0 Å². The van der Waals surface area contributed by atoms with Crippen LogP contribution in [-0.2, 0) is 9.84 Å². The monoisotopic (exact) mass is 336 g/mol. The molecule has 1 aromatic rings. The van der Waals surface area contributed by atoms with Gasteiger partial charge in [-0.25, -0.2) is 8.42 Å². The number of halogens is 2. The van der Waals surface area contributed by atoms with Crippen LogP contribution in [0.2, 0.25) is 0 Å². The Hall–Kier alpha value is -0.0600. The molecule has 2 unspecified atom stereocenters. The predicted octanol–water partition coefficient (Wildman–Crippen LogP) is 3.21. The third kappa shape index (κ3) is 3.04. The molecule has 2 atom stereocenters. The normalized spacial score (nSPS) is 24.7. The molecule has 0 amide bonds. The van der Waals surface area contributed by atoms with E-state index in [1.165, 1.54) is 0 Å². The molecule has 1 aromatic carbocycles. The second kappa shape index (κ2) is 5.29. The third-order valence-corrected chi connectivity index (χ3v) is 6.16. The van der Waals surface area contributed by atoms with Crippen LogP contribution in [0.15, 0.2) is 28.7 Å². The van der Waals surface area contributed by atoms with Gasteiger partial charge in [0.05, 0.1) is 11.5 Å². The fourth-order valence-electron chi connectivity index (χ4n) is 2.38. The largest absolute Gasteiger partial charge is 0.229 e. The van der Waals surface area contributed by atoms with Crippen LogP contribution in [0.1, 0.15) is 17.9 Å². The number of benzene rings is 1. The van der Waals surface area contributed by atoms with Crippen LogP contribution >= 0.6 is 27.5 Å². The summed E-state index contributed by atoms with van der Waals surface area (Å²) in [6, 6.07) is 7.90. The molecule has 2 rings (SSSR count). The minimum Gasteiger partial charge on any atom is -0.229 e. The van der Waals surface area contributed by atoms with E-state index >= 15 is 0 Å². The highest BCUT2D eigenvalue weighted by Crippen LogP contribution is 2.37. The van der Waals surface area contributed by atoms with Crippen molar-refractivity contribution in [3.8, 4) is 0 Å². The number of sulfone groups is 1.